The van der Waals surface area contributed by atoms with Crippen molar-refractivity contribution in [2.75, 3.05) is 13.6 Å². The van der Waals surface area contributed by atoms with E-state index in [-0.39, 0.29) is 16.9 Å². The molecule has 4 aliphatic rings. The molecule has 4 aromatic rings. The summed E-state index contributed by atoms with van der Waals surface area (Å²) in [5.41, 5.74) is 10.3. The maximum absolute atomic E-state index is 7.15. The Bertz CT molecular complexity index is 1580. The molecule has 3 heteroatoms. The average molecular weight is 449 g/mol. The van der Waals surface area contributed by atoms with Crippen LogP contribution >= 0.6 is 0 Å². The van der Waals surface area contributed by atoms with Gasteiger partial charge in [0, 0.05) is 34.8 Å². The van der Waals surface area contributed by atoms with Crippen molar-refractivity contribution in [3.8, 4) is 5.75 Å². The molecule has 4 atom stereocenters. The van der Waals surface area contributed by atoms with Crippen LogP contribution in [0, 0.1) is 19.3 Å². The normalized spacial score (nSPS) is 31.0. The third kappa shape index (κ3) is 1.88. The molecule has 34 heavy (non-hydrogen) atoms. The number of aromatic nitrogens is 1. The van der Waals surface area contributed by atoms with Crippen molar-refractivity contribution in [2.24, 2.45) is 12.5 Å². The van der Waals surface area contributed by atoms with Crippen LogP contribution in [0.3, 0.4) is 0 Å². The molecule has 1 fully saturated rings. The number of likely N-dealkylation sites (tertiary alicyclic amines) is 1. The van der Waals surface area contributed by atoms with E-state index in [0.717, 1.165) is 19.4 Å². The topological polar surface area (TPSA) is 17.4 Å². The lowest BCUT2D eigenvalue weighted by Gasteiger charge is -2.64. The van der Waals surface area contributed by atoms with E-state index in [2.05, 4.69) is 86.8 Å². The Hall–Kier alpha value is -2.78. The monoisotopic (exact) mass is 448 g/mol. The predicted molar refractivity (Wildman–Crippen MR) is 138 cm³/mol. The van der Waals surface area contributed by atoms with Crippen LogP contribution in [-0.4, -0.2) is 29.1 Å². The standard InChI is InChI=1S/C31H32N2O/c1-17-10-11-19-15-24-30(3)16-23-22-14-18(2)20-8-6-7-9-21(20)26(22)33(5)27(23)29-31(30,12-13-32(24)4)25(19)28(17)34-29/h6-11,14,24,29H,12-13,15-16H2,1-5H3/t24-,29+,30+,31+/m1/s1. The zero-order valence-electron chi connectivity index (χ0n) is 20.8. The van der Waals surface area contributed by atoms with E-state index in [1.165, 1.54) is 61.8 Å². The van der Waals surface area contributed by atoms with Crippen molar-refractivity contribution < 1.29 is 4.74 Å². The summed E-state index contributed by atoms with van der Waals surface area (Å²) in [5.74, 6) is 1.19. The molecule has 172 valence electrons. The van der Waals surface area contributed by atoms with E-state index in [0.29, 0.717) is 6.04 Å². The summed E-state index contributed by atoms with van der Waals surface area (Å²) >= 11 is 0. The highest BCUT2D eigenvalue weighted by atomic mass is 16.5. The molecule has 3 aromatic carbocycles. The summed E-state index contributed by atoms with van der Waals surface area (Å²) < 4.78 is 9.66. The van der Waals surface area contributed by atoms with Gasteiger partial charge in [0.05, 0.1) is 16.6 Å². The Kier molecular flexibility index (Phi) is 3.38. The minimum Gasteiger partial charge on any atom is -0.483 e. The number of ether oxygens (including phenoxy) is 1. The van der Waals surface area contributed by atoms with Gasteiger partial charge in [0.15, 0.2) is 0 Å². The number of benzene rings is 3. The number of hydrogen-bond acceptors (Lipinski definition) is 2. The van der Waals surface area contributed by atoms with Crippen LogP contribution in [0.2, 0.25) is 0 Å². The number of fused-ring (bicyclic) bond motifs is 6. The van der Waals surface area contributed by atoms with E-state index in [9.17, 15) is 0 Å². The van der Waals surface area contributed by atoms with Gasteiger partial charge in [0.25, 0.3) is 0 Å². The first-order valence-electron chi connectivity index (χ1n) is 12.9. The fraction of sp³-hybridized carbons (Fsp3) is 0.419. The molecule has 2 aliphatic heterocycles. The summed E-state index contributed by atoms with van der Waals surface area (Å²) in [6.07, 6.45) is 3.52. The van der Waals surface area contributed by atoms with Crippen LogP contribution in [0.25, 0.3) is 21.7 Å². The van der Waals surface area contributed by atoms with Gasteiger partial charge in [0.2, 0.25) is 0 Å². The molecule has 3 nitrogen and oxygen atoms in total. The lowest BCUT2D eigenvalue weighted by Crippen LogP contribution is -2.68. The lowest BCUT2D eigenvalue weighted by atomic mass is 9.44. The third-order valence-electron chi connectivity index (χ3n) is 10.5. The molecule has 3 heterocycles. The Labute approximate surface area is 201 Å². The molecule has 1 spiro atoms. The van der Waals surface area contributed by atoms with Gasteiger partial charge in [-0.05, 0) is 80.4 Å². The van der Waals surface area contributed by atoms with Crippen LogP contribution in [0.4, 0.5) is 0 Å². The number of piperidine rings is 1. The second-order valence-corrected chi connectivity index (χ2v) is 11.8. The summed E-state index contributed by atoms with van der Waals surface area (Å²) in [7, 11) is 4.64. The third-order valence-corrected chi connectivity index (χ3v) is 10.5. The number of likely N-dealkylation sites (N-methyl/N-ethyl adjacent to an activating group) is 1. The maximum Gasteiger partial charge on any atom is 0.149 e. The van der Waals surface area contributed by atoms with Crippen molar-refractivity contribution in [1.82, 2.24) is 9.47 Å². The molecule has 0 radical (unpaired) electrons. The number of hydrogen-bond donors (Lipinski definition) is 0. The number of aryl methyl sites for hydroxylation is 3. The highest BCUT2D eigenvalue weighted by molar-refractivity contribution is 6.09. The lowest BCUT2D eigenvalue weighted by molar-refractivity contribution is -0.0912. The van der Waals surface area contributed by atoms with E-state index < -0.39 is 0 Å². The minimum absolute atomic E-state index is 0.0547. The molecule has 1 saturated heterocycles. The number of rotatable bonds is 0. The summed E-state index contributed by atoms with van der Waals surface area (Å²) in [6, 6.07) is 16.6. The second kappa shape index (κ2) is 5.88. The van der Waals surface area contributed by atoms with Crippen molar-refractivity contribution in [3.63, 3.8) is 0 Å². The minimum atomic E-state index is 0.0547. The molecule has 0 unspecified atom stereocenters. The summed E-state index contributed by atoms with van der Waals surface area (Å²) in [6.45, 7) is 8.25. The van der Waals surface area contributed by atoms with Crippen LogP contribution in [0.15, 0.2) is 42.5 Å². The molecule has 2 bridgehead atoms. The van der Waals surface area contributed by atoms with E-state index >= 15 is 0 Å². The van der Waals surface area contributed by atoms with Crippen molar-refractivity contribution in [3.05, 3.63) is 76.0 Å². The van der Waals surface area contributed by atoms with Gasteiger partial charge < -0.3 is 14.2 Å². The van der Waals surface area contributed by atoms with Gasteiger partial charge >= 0.3 is 0 Å². The van der Waals surface area contributed by atoms with E-state index in [1.807, 2.05) is 0 Å². The second-order valence-electron chi connectivity index (χ2n) is 11.8. The van der Waals surface area contributed by atoms with Gasteiger partial charge in [-0.1, -0.05) is 43.3 Å². The smallest absolute Gasteiger partial charge is 0.149 e. The number of nitrogens with zero attached hydrogens (tertiary/aromatic N) is 2. The summed E-state index contributed by atoms with van der Waals surface area (Å²) in [5, 5.41) is 4.17. The molecule has 0 amide bonds. The van der Waals surface area contributed by atoms with Crippen molar-refractivity contribution in [2.45, 2.75) is 57.6 Å². The van der Waals surface area contributed by atoms with Gasteiger partial charge in [-0.15, -0.1) is 0 Å². The van der Waals surface area contributed by atoms with Crippen LogP contribution in [-0.2, 0) is 25.3 Å². The van der Waals surface area contributed by atoms with Crippen molar-refractivity contribution >= 4 is 21.7 Å². The first kappa shape index (κ1) is 19.5. The summed E-state index contributed by atoms with van der Waals surface area (Å²) in [4.78, 5) is 2.65. The molecule has 1 aromatic heterocycles. The van der Waals surface area contributed by atoms with Gasteiger partial charge in [-0.3, -0.25) is 0 Å². The highest BCUT2D eigenvalue weighted by Gasteiger charge is 2.70. The van der Waals surface area contributed by atoms with Crippen molar-refractivity contribution in [1.29, 1.82) is 0 Å². The Morgan fingerprint density at radius 3 is 2.59 bits per heavy atom. The Balaban J connectivity index is 1.53. The molecular weight excluding hydrogens is 416 g/mol. The van der Waals surface area contributed by atoms with E-state index in [1.54, 1.807) is 5.56 Å². The highest BCUT2D eigenvalue weighted by Crippen LogP contribution is 2.71. The zero-order valence-corrected chi connectivity index (χ0v) is 20.8. The molecule has 0 saturated carbocycles. The SMILES string of the molecule is Cc1ccc2c3c1O[C@H]1c4c(c5cc(C)c6ccccc6c5n4C)C[C@@]4(C)[C@@H](C2)N(C)CC[C@]314. The van der Waals surface area contributed by atoms with E-state index in [4.69, 9.17) is 4.74 Å². The molecular formula is C31H32N2O. The molecule has 8 rings (SSSR count). The Morgan fingerprint density at radius 1 is 0.971 bits per heavy atom. The zero-order chi connectivity index (χ0) is 23.1. The van der Waals surface area contributed by atoms with Crippen LogP contribution < -0.4 is 4.74 Å². The fourth-order valence-electron chi connectivity index (χ4n) is 8.94. The van der Waals surface area contributed by atoms with Gasteiger partial charge in [-0.25, -0.2) is 0 Å². The molecule has 2 aliphatic carbocycles. The molecule has 0 N–H and O–H groups in total. The first-order valence-corrected chi connectivity index (χ1v) is 12.9. The van der Waals surface area contributed by atoms with Crippen LogP contribution in [0.1, 0.15) is 53.0 Å². The van der Waals surface area contributed by atoms with Gasteiger partial charge in [-0.2, -0.15) is 0 Å². The average Bonchev–Trinajstić information content (AvgIpc) is 3.30. The largest absolute Gasteiger partial charge is 0.483 e. The van der Waals surface area contributed by atoms with Gasteiger partial charge in [0.1, 0.15) is 11.9 Å². The fourth-order valence-corrected chi connectivity index (χ4v) is 8.94. The Morgan fingerprint density at radius 2 is 1.76 bits per heavy atom. The van der Waals surface area contributed by atoms with Crippen LogP contribution in [0.5, 0.6) is 5.75 Å². The first-order chi connectivity index (χ1) is 16.4. The quantitative estimate of drug-likeness (QED) is 0.321. The predicted octanol–water partition coefficient (Wildman–Crippen LogP) is 6.14. The maximum atomic E-state index is 7.15.